The molecule has 2 amide bonds. The van der Waals surface area contributed by atoms with Gasteiger partial charge in [-0.2, -0.15) is 0 Å². The van der Waals surface area contributed by atoms with Crippen LogP contribution in [-0.2, 0) is 0 Å². The Hall–Kier alpha value is -2.64. The predicted molar refractivity (Wildman–Crippen MR) is 108 cm³/mol. The molecule has 28 heavy (non-hydrogen) atoms. The highest BCUT2D eigenvalue weighted by molar-refractivity contribution is 6.09. The van der Waals surface area contributed by atoms with Gasteiger partial charge in [0, 0.05) is 18.2 Å². The van der Waals surface area contributed by atoms with Gasteiger partial charge in [0.05, 0.1) is 18.4 Å². The minimum atomic E-state index is -0.550. The van der Waals surface area contributed by atoms with Crippen molar-refractivity contribution < 1.29 is 18.7 Å². The highest BCUT2D eigenvalue weighted by Crippen LogP contribution is 2.31. The molecule has 0 heterocycles. The molecule has 6 nitrogen and oxygen atoms in total. The van der Waals surface area contributed by atoms with Gasteiger partial charge in [-0.3, -0.25) is 9.59 Å². The maximum atomic E-state index is 13.7. The molecule has 2 aromatic rings. The van der Waals surface area contributed by atoms with E-state index >= 15 is 0 Å². The zero-order valence-corrected chi connectivity index (χ0v) is 16.2. The smallest absolute Gasteiger partial charge is 0.255 e. The van der Waals surface area contributed by atoms with Crippen LogP contribution in [0.15, 0.2) is 42.5 Å². The summed E-state index contributed by atoms with van der Waals surface area (Å²) in [7, 11) is 1.53. The second-order valence-corrected chi connectivity index (χ2v) is 6.58. The third kappa shape index (κ3) is 5.43. The first-order chi connectivity index (χ1) is 13.0. The van der Waals surface area contributed by atoms with E-state index in [1.54, 1.807) is 24.3 Å². The van der Waals surface area contributed by atoms with Gasteiger partial charge in [-0.1, -0.05) is 0 Å². The van der Waals surface area contributed by atoms with Gasteiger partial charge in [-0.05, 0) is 61.2 Å². The van der Waals surface area contributed by atoms with E-state index in [1.807, 2.05) is 0 Å². The third-order valence-corrected chi connectivity index (χ3v) is 4.55. The fraction of sp³-hybridized carbons (Fsp3) is 0.300. The fourth-order valence-electron chi connectivity index (χ4n) is 2.75. The Bertz CT molecular complexity index is 841. The van der Waals surface area contributed by atoms with Crippen LogP contribution in [0.3, 0.4) is 0 Å². The number of carbonyl (C=O) groups excluding carboxylic acids is 2. The van der Waals surface area contributed by atoms with Crippen molar-refractivity contribution in [1.82, 2.24) is 5.32 Å². The van der Waals surface area contributed by atoms with Crippen LogP contribution >= 0.6 is 12.4 Å². The van der Waals surface area contributed by atoms with Gasteiger partial charge in [0.25, 0.3) is 11.8 Å². The highest BCUT2D eigenvalue weighted by Gasteiger charge is 2.28. The molecule has 1 saturated carbocycles. The van der Waals surface area contributed by atoms with Crippen molar-refractivity contribution in [3.63, 3.8) is 0 Å². The Balaban J connectivity index is 0.00000280. The number of nitrogens with two attached hydrogens (primary N) is 1. The molecule has 8 heteroatoms. The number of halogens is 2. The second kappa shape index (κ2) is 9.52. The number of anilines is 1. The van der Waals surface area contributed by atoms with Crippen LogP contribution in [0.4, 0.5) is 10.1 Å². The first kappa shape index (κ1) is 21.7. The van der Waals surface area contributed by atoms with E-state index in [-0.39, 0.29) is 29.7 Å². The normalized spacial score (nSPS) is 13.8. The average molecular weight is 408 g/mol. The standard InChI is InChI=1S/C20H22FN3O3.ClH/c1-27-15-7-4-13(5-8-15)19(25)24-18-10-14(21)6-9-16(18)20(26)23-11-17(22)12-2-3-12;/h4-10,12,17H,2-3,11,22H2,1H3,(H,23,26)(H,24,25);1H. The second-order valence-electron chi connectivity index (χ2n) is 6.58. The minimum Gasteiger partial charge on any atom is -0.497 e. The van der Waals surface area contributed by atoms with E-state index in [0.717, 1.165) is 18.9 Å². The molecular formula is C20H23ClFN3O3. The third-order valence-electron chi connectivity index (χ3n) is 4.55. The summed E-state index contributed by atoms with van der Waals surface area (Å²) in [5.41, 5.74) is 6.64. The molecule has 0 radical (unpaired) electrons. The lowest BCUT2D eigenvalue weighted by Gasteiger charge is -2.14. The summed E-state index contributed by atoms with van der Waals surface area (Å²) in [6, 6.07) is 10.0. The van der Waals surface area contributed by atoms with Gasteiger partial charge in [0.15, 0.2) is 0 Å². The molecule has 0 saturated heterocycles. The van der Waals surface area contributed by atoms with Crippen molar-refractivity contribution in [2.24, 2.45) is 11.7 Å². The molecule has 0 aromatic heterocycles. The van der Waals surface area contributed by atoms with Crippen LogP contribution in [0.5, 0.6) is 5.75 Å². The quantitative estimate of drug-likeness (QED) is 0.657. The first-order valence-electron chi connectivity index (χ1n) is 8.76. The SMILES string of the molecule is COc1ccc(C(=O)Nc2cc(F)ccc2C(=O)NCC(N)C2CC2)cc1.Cl. The van der Waals surface area contributed by atoms with E-state index in [4.69, 9.17) is 10.5 Å². The van der Waals surface area contributed by atoms with Gasteiger partial charge in [-0.15, -0.1) is 12.4 Å². The van der Waals surface area contributed by atoms with Crippen molar-refractivity contribution >= 4 is 29.9 Å². The monoisotopic (exact) mass is 407 g/mol. The molecule has 1 fully saturated rings. The van der Waals surface area contributed by atoms with E-state index < -0.39 is 17.6 Å². The summed E-state index contributed by atoms with van der Waals surface area (Å²) < 4.78 is 18.7. The van der Waals surface area contributed by atoms with E-state index in [0.29, 0.717) is 23.8 Å². The molecule has 0 bridgehead atoms. The number of hydrogen-bond donors (Lipinski definition) is 3. The van der Waals surface area contributed by atoms with Crippen LogP contribution in [0, 0.1) is 11.7 Å². The summed E-state index contributed by atoms with van der Waals surface area (Å²) >= 11 is 0. The predicted octanol–water partition coefficient (Wildman–Crippen LogP) is 2.98. The maximum absolute atomic E-state index is 13.7. The molecule has 0 aliphatic heterocycles. The number of ether oxygens (including phenoxy) is 1. The molecule has 3 rings (SSSR count). The van der Waals surface area contributed by atoms with Crippen LogP contribution in [0.25, 0.3) is 0 Å². The van der Waals surface area contributed by atoms with Crippen LogP contribution in [0.1, 0.15) is 33.6 Å². The Morgan fingerprint density at radius 3 is 2.46 bits per heavy atom. The van der Waals surface area contributed by atoms with Crippen molar-refractivity contribution in [3.05, 3.63) is 59.4 Å². The summed E-state index contributed by atoms with van der Waals surface area (Å²) in [5, 5.41) is 5.35. The number of hydrogen-bond acceptors (Lipinski definition) is 4. The zero-order valence-electron chi connectivity index (χ0n) is 15.4. The van der Waals surface area contributed by atoms with Gasteiger partial charge >= 0.3 is 0 Å². The lowest BCUT2D eigenvalue weighted by molar-refractivity contribution is 0.0951. The van der Waals surface area contributed by atoms with E-state index in [2.05, 4.69) is 10.6 Å². The Morgan fingerprint density at radius 1 is 1.18 bits per heavy atom. The molecule has 0 spiro atoms. The van der Waals surface area contributed by atoms with Gasteiger partial charge in [0.1, 0.15) is 11.6 Å². The number of rotatable bonds is 7. The van der Waals surface area contributed by atoms with Crippen LogP contribution < -0.4 is 21.1 Å². The molecule has 2 aromatic carbocycles. The number of methoxy groups -OCH3 is 1. The lowest BCUT2D eigenvalue weighted by Crippen LogP contribution is -2.38. The zero-order chi connectivity index (χ0) is 19.4. The van der Waals surface area contributed by atoms with Crippen molar-refractivity contribution in [2.45, 2.75) is 18.9 Å². The van der Waals surface area contributed by atoms with Crippen LogP contribution in [0.2, 0.25) is 0 Å². The van der Waals surface area contributed by atoms with E-state index in [1.165, 1.54) is 19.2 Å². The first-order valence-corrected chi connectivity index (χ1v) is 8.76. The van der Waals surface area contributed by atoms with Crippen LogP contribution in [-0.4, -0.2) is 31.5 Å². The lowest BCUT2D eigenvalue weighted by atomic mass is 10.1. The van der Waals surface area contributed by atoms with Crippen molar-refractivity contribution in [3.8, 4) is 5.75 Å². The number of benzene rings is 2. The minimum absolute atomic E-state index is 0. The number of carbonyl (C=O) groups is 2. The topological polar surface area (TPSA) is 93.4 Å². The largest absolute Gasteiger partial charge is 0.497 e. The fourth-order valence-corrected chi connectivity index (χ4v) is 2.75. The van der Waals surface area contributed by atoms with Gasteiger partial charge in [0.2, 0.25) is 0 Å². The molecular weight excluding hydrogens is 385 g/mol. The molecule has 4 N–H and O–H groups in total. The van der Waals surface area contributed by atoms with Crippen molar-refractivity contribution in [2.75, 3.05) is 19.0 Å². The van der Waals surface area contributed by atoms with Gasteiger partial charge in [-0.25, -0.2) is 4.39 Å². The number of amides is 2. The molecule has 1 unspecified atom stereocenters. The van der Waals surface area contributed by atoms with Crippen molar-refractivity contribution in [1.29, 1.82) is 0 Å². The summed E-state index contributed by atoms with van der Waals surface area (Å²) in [6.45, 7) is 0.340. The van der Waals surface area contributed by atoms with E-state index in [9.17, 15) is 14.0 Å². The summed E-state index contributed by atoms with van der Waals surface area (Å²) in [5.74, 6) is -0.341. The highest BCUT2D eigenvalue weighted by atomic mass is 35.5. The molecule has 1 atom stereocenters. The maximum Gasteiger partial charge on any atom is 0.255 e. The molecule has 150 valence electrons. The molecule has 1 aliphatic carbocycles. The molecule has 1 aliphatic rings. The Labute approximate surface area is 169 Å². The summed E-state index contributed by atoms with van der Waals surface area (Å²) in [4.78, 5) is 24.9. The Morgan fingerprint density at radius 2 is 1.86 bits per heavy atom. The average Bonchev–Trinajstić information content (AvgIpc) is 3.51. The number of nitrogens with one attached hydrogen (secondary N) is 2. The Kier molecular flexibility index (Phi) is 7.37. The van der Waals surface area contributed by atoms with Gasteiger partial charge < -0.3 is 21.1 Å². The summed E-state index contributed by atoms with van der Waals surface area (Å²) in [6.07, 6.45) is 2.16.